The summed E-state index contributed by atoms with van der Waals surface area (Å²) in [4.78, 5) is 32.5. The molecule has 1 aliphatic heterocycles. The number of likely N-dealkylation sites (N-methyl/N-ethyl adjacent to an activating group) is 1. The lowest BCUT2D eigenvalue weighted by atomic mass is 9.86. The predicted molar refractivity (Wildman–Crippen MR) is 144 cm³/mol. The van der Waals surface area contributed by atoms with E-state index in [2.05, 4.69) is 6.08 Å². The van der Waals surface area contributed by atoms with Gasteiger partial charge in [0.1, 0.15) is 0 Å². The van der Waals surface area contributed by atoms with E-state index in [-0.39, 0.29) is 11.5 Å². The van der Waals surface area contributed by atoms with Gasteiger partial charge in [-0.05, 0) is 66.7 Å². The highest BCUT2D eigenvalue weighted by Crippen LogP contribution is 2.36. The number of rotatable bonds is 5. The molecule has 7 nitrogen and oxygen atoms in total. The quantitative estimate of drug-likeness (QED) is 0.442. The van der Waals surface area contributed by atoms with Crippen LogP contribution in [0, 0.1) is 0 Å². The second-order valence-electron chi connectivity index (χ2n) is 9.54. The number of amides is 1. The highest BCUT2D eigenvalue weighted by atomic mass is 35.5. The lowest BCUT2D eigenvalue weighted by Crippen LogP contribution is -2.40. The summed E-state index contributed by atoms with van der Waals surface area (Å²) in [6.45, 7) is -0.454. The minimum Gasteiger partial charge on any atom is -0.452 e. The van der Waals surface area contributed by atoms with Crippen LogP contribution in [0.1, 0.15) is 46.4 Å². The van der Waals surface area contributed by atoms with E-state index in [0.29, 0.717) is 34.3 Å². The fourth-order valence-corrected chi connectivity index (χ4v) is 6.95. The summed E-state index contributed by atoms with van der Waals surface area (Å²) in [7, 11) is -1.58. The highest BCUT2D eigenvalue weighted by Gasteiger charge is 2.33. The molecule has 0 radical (unpaired) electrons. The molecule has 37 heavy (non-hydrogen) atoms. The zero-order chi connectivity index (χ0) is 26.2. The van der Waals surface area contributed by atoms with Crippen LogP contribution >= 0.6 is 11.6 Å². The van der Waals surface area contributed by atoms with Gasteiger partial charge in [-0.25, -0.2) is 18.2 Å². The molecule has 1 aromatic heterocycles. The minimum atomic E-state index is -3.13. The first-order valence-corrected chi connectivity index (χ1v) is 14.4. The summed E-state index contributed by atoms with van der Waals surface area (Å²) in [5.41, 5.74) is 4.72. The van der Waals surface area contributed by atoms with Crippen LogP contribution in [0.4, 0.5) is 0 Å². The zero-order valence-electron chi connectivity index (χ0n) is 20.4. The number of carbonyl (C=O) groups is 2. The fraction of sp³-hybridized carbons (Fsp3) is 0.321. The molecule has 0 saturated carbocycles. The fourth-order valence-electron chi connectivity index (χ4n) is 5.05. The van der Waals surface area contributed by atoms with Gasteiger partial charge in [0.15, 0.2) is 16.4 Å². The topological polar surface area (TPSA) is 93.6 Å². The maximum atomic E-state index is 13.4. The number of hydrogen-bond donors (Lipinski definition) is 0. The number of benzene rings is 2. The molecule has 0 bridgehead atoms. The van der Waals surface area contributed by atoms with Crippen LogP contribution in [0.15, 0.2) is 48.5 Å². The van der Waals surface area contributed by atoms with Crippen molar-refractivity contribution in [2.45, 2.75) is 31.7 Å². The van der Waals surface area contributed by atoms with Gasteiger partial charge >= 0.3 is 5.97 Å². The highest BCUT2D eigenvalue weighted by molar-refractivity contribution is 7.91. The summed E-state index contributed by atoms with van der Waals surface area (Å²) in [6, 6.07) is 14.6. The van der Waals surface area contributed by atoms with Gasteiger partial charge in [-0.3, -0.25) is 4.79 Å². The Morgan fingerprint density at radius 3 is 2.62 bits per heavy atom. The Balaban J connectivity index is 1.44. The van der Waals surface area contributed by atoms with E-state index in [1.54, 1.807) is 7.05 Å². The Hall–Kier alpha value is -3.23. The number of nitrogens with zero attached hydrogens (tertiary/aromatic N) is 2. The van der Waals surface area contributed by atoms with Crippen molar-refractivity contribution in [2.24, 2.45) is 0 Å². The molecular weight excluding hydrogens is 512 g/mol. The summed E-state index contributed by atoms with van der Waals surface area (Å²) in [6.07, 6.45) is 4.81. The zero-order valence-corrected chi connectivity index (χ0v) is 22.0. The lowest BCUT2D eigenvalue weighted by Gasteiger charge is -2.24. The molecule has 0 unspecified atom stereocenters. The van der Waals surface area contributed by atoms with Crippen molar-refractivity contribution < 1.29 is 22.7 Å². The van der Waals surface area contributed by atoms with E-state index in [0.717, 1.165) is 35.2 Å². The number of hydrogen-bond acceptors (Lipinski definition) is 6. The first-order chi connectivity index (χ1) is 17.7. The number of fused-ring (bicyclic) bond motifs is 2. The maximum Gasteiger partial charge on any atom is 0.339 e. The van der Waals surface area contributed by atoms with Crippen molar-refractivity contribution in [1.82, 2.24) is 9.88 Å². The number of pyridine rings is 1. The molecule has 1 fully saturated rings. The molecule has 0 N–H and O–H groups in total. The van der Waals surface area contributed by atoms with Crippen LogP contribution in [-0.2, 0) is 25.8 Å². The van der Waals surface area contributed by atoms with Crippen LogP contribution in [0.5, 0.6) is 0 Å². The van der Waals surface area contributed by atoms with Gasteiger partial charge in [-0.2, -0.15) is 0 Å². The smallest absolute Gasteiger partial charge is 0.339 e. The number of carbonyl (C=O) groups excluding carboxylic acids is 2. The maximum absolute atomic E-state index is 13.4. The molecule has 2 aliphatic rings. The second-order valence-corrected chi connectivity index (χ2v) is 12.2. The Bertz CT molecular complexity index is 1520. The Labute approximate surface area is 221 Å². The molecule has 3 aromatic rings. The first kappa shape index (κ1) is 25.4. The average Bonchev–Trinajstić information content (AvgIpc) is 3.26. The van der Waals surface area contributed by atoms with Crippen LogP contribution in [0.25, 0.3) is 22.6 Å². The van der Waals surface area contributed by atoms with Crippen molar-refractivity contribution in [3.05, 3.63) is 75.9 Å². The van der Waals surface area contributed by atoms with Gasteiger partial charge in [0.05, 0.1) is 28.3 Å². The van der Waals surface area contributed by atoms with Crippen molar-refractivity contribution in [3.8, 4) is 0 Å². The average molecular weight is 539 g/mol. The van der Waals surface area contributed by atoms with Crippen molar-refractivity contribution in [2.75, 3.05) is 25.2 Å². The molecular formula is C28H27ClN2O5S. The molecule has 192 valence electrons. The second kappa shape index (κ2) is 10.3. The van der Waals surface area contributed by atoms with Gasteiger partial charge < -0.3 is 9.64 Å². The number of allylic oxidation sites excluding steroid dienone is 1. The molecule has 1 aliphatic carbocycles. The molecule has 9 heteroatoms. The third kappa shape index (κ3) is 5.40. The van der Waals surface area contributed by atoms with Gasteiger partial charge in [0.2, 0.25) is 0 Å². The van der Waals surface area contributed by atoms with Crippen molar-refractivity contribution in [3.63, 3.8) is 0 Å². The molecule has 1 amide bonds. The standard InChI is InChI=1S/C28H27ClN2O5S/c1-31(21-13-14-37(34,35)17-21)25(32)16-36-28(33)26-22-6-2-3-8-24(22)30-27-19(5-4-7-23(26)27)15-18-9-11-20(29)12-10-18/h2-3,6,8-12,15,21H,4-5,7,13-14,16-17H2,1H3/b19-15+/t21-/m0/s1. The number of esters is 1. The number of sulfone groups is 1. The summed E-state index contributed by atoms with van der Waals surface area (Å²) in [5.74, 6) is -1.00. The third-order valence-corrected chi connectivity index (χ3v) is 9.06. The van der Waals surface area contributed by atoms with Gasteiger partial charge in [0.25, 0.3) is 5.91 Å². The Kier molecular flexibility index (Phi) is 7.05. The van der Waals surface area contributed by atoms with Crippen molar-refractivity contribution in [1.29, 1.82) is 0 Å². The first-order valence-electron chi connectivity index (χ1n) is 12.2. The molecule has 5 rings (SSSR count). The van der Waals surface area contributed by atoms with Crippen LogP contribution in [0.2, 0.25) is 5.02 Å². The molecule has 1 saturated heterocycles. The van der Waals surface area contributed by atoms with E-state index in [4.69, 9.17) is 21.3 Å². The summed E-state index contributed by atoms with van der Waals surface area (Å²) in [5, 5.41) is 1.34. The van der Waals surface area contributed by atoms with Crippen molar-refractivity contribution >= 4 is 55.9 Å². The SMILES string of the molecule is CN(C(=O)COC(=O)c1c2c(nc3ccccc13)/C(=C/c1ccc(Cl)cc1)CCC2)[C@H]1CCS(=O)(=O)C1. The number of aromatic nitrogens is 1. The van der Waals surface area contributed by atoms with E-state index in [1.165, 1.54) is 4.90 Å². The number of halogens is 1. The van der Waals surface area contributed by atoms with E-state index in [1.807, 2.05) is 48.5 Å². The summed E-state index contributed by atoms with van der Waals surface area (Å²) < 4.78 is 29.1. The Morgan fingerprint density at radius 1 is 1.14 bits per heavy atom. The van der Waals surface area contributed by atoms with E-state index in [9.17, 15) is 18.0 Å². The number of ether oxygens (including phenoxy) is 1. The molecule has 0 spiro atoms. The van der Waals surface area contributed by atoms with Crippen LogP contribution in [0.3, 0.4) is 0 Å². The predicted octanol–water partition coefficient (Wildman–Crippen LogP) is 4.57. The largest absolute Gasteiger partial charge is 0.452 e. The van der Waals surface area contributed by atoms with Gasteiger partial charge in [-0.15, -0.1) is 0 Å². The summed E-state index contributed by atoms with van der Waals surface area (Å²) >= 11 is 6.04. The number of para-hydroxylation sites is 1. The minimum absolute atomic E-state index is 0.0611. The van der Waals surface area contributed by atoms with Crippen LogP contribution < -0.4 is 0 Å². The van der Waals surface area contributed by atoms with Crippen LogP contribution in [-0.4, -0.2) is 61.4 Å². The van der Waals surface area contributed by atoms with Gasteiger partial charge in [-0.1, -0.05) is 41.9 Å². The monoisotopic (exact) mass is 538 g/mol. The lowest BCUT2D eigenvalue weighted by molar-refractivity contribution is -0.134. The Morgan fingerprint density at radius 2 is 1.89 bits per heavy atom. The molecule has 2 heterocycles. The third-order valence-electron chi connectivity index (χ3n) is 7.06. The molecule has 2 aromatic carbocycles. The van der Waals surface area contributed by atoms with E-state index >= 15 is 0 Å². The van der Waals surface area contributed by atoms with E-state index < -0.39 is 34.4 Å². The molecule has 1 atom stereocenters. The van der Waals surface area contributed by atoms with Gasteiger partial charge in [0, 0.05) is 23.5 Å². The normalized spacial score (nSPS) is 19.5.